The maximum absolute atomic E-state index is 11.7. The quantitative estimate of drug-likeness (QED) is 0.292. The molecule has 4 rings (SSSR count). The molecule has 0 fully saturated rings. The third kappa shape index (κ3) is 3.10. The van der Waals surface area contributed by atoms with Gasteiger partial charge in [0, 0.05) is 33.8 Å². The van der Waals surface area contributed by atoms with Gasteiger partial charge in [-0.3, -0.25) is 30.3 Å². The number of nitrogens with zero attached hydrogens (tertiary/aromatic N) is 4. The Morgan fingerprint density at radius 1 is 0.733 bits per heavy atom. The van der Waals surface area contributed by atoms with Crippen LogP contribution in [0.1, 0.15) is 11.1 Å². The van der Waals surface area contributed by atoms with Crippen molar-refractivity contribution in [2.75, 3.05) is 0 Å². The van der Waals surface area contributed by atoms with Crippen LogP contribution in [0, 0.1) is 30.3 Å². The highest BCUT2D eigenvalue weighted by molar-refractivity contribution is 9.10. The Kier molecular flexibility index (Phi) is 4.59. The number of hydrogen-bond acceptors (Lipinski definition) is 7. The van der Waals surface area contributed by atoms with E-state index in [0.717, 1.165) is 6.07 Å². The number of para-hydroxylation sites is 1. The van der Waals surface area contributed by atoms with Crippen molar-refractivity contribution in [3.05, 3.63) is 101 Å². The molecule has 1 aliphatic rings. The lowest BCUT2D eigenvalue weighted by Gasteiger charge is -2.04. The summed E-state index contributed by atoms with van der Waals surface area (Å²) in [5.74, 6) is 0. The number of halogens is 1. The van der Waals surface area contributed by atoms with E-state index in [1.165, 1.54) is 24.3 Å². The normalized spacial score (nSPS) is 13.0. The molecular formula is C19H9BrN4O6. The van der Waals surface area contributed by atoms with Crippen LogP contribution in [0.5, 0.6) is 0 Å². The SMILES string of the molecule is O=[N+]([O-])c1ccc2c(c1)/C(=N\c1ccccc1Br)c1cc([N+](=O)[O-])cc([N+](=O)[O-])c1-2. The molecule has 10 nitrogen and oxygen atoms in total. The smallest absolute Gasteiger partial charge is 0.258 e. The number of hydrogen-bond donors (Lipinski definition) is 0. The third-order valence-electron chi connectivity index (χ3n) is 4.59. The van der Waals surface area contributed by atoms with Gasteiger partial charge in [-0.15, -0.1) is 0 Å². The second kappa shape index (κ2) is 7.12. The Morgan fingerprint density at radius 3 is 2.03 bits per heavy atom. The van der Waals surface area contributed by atoms with Crippen LogP contribution in [0.15, 0.2) is 64.1 Å². The largest absolute Gasteiger partial charge is 0.284 e. The van der Waals surface area contributed by atoms with Gasteiger partial charge < -0.3 is 0 Å². The van der Waals surface area contributed by atoms with Gasteiger partial charge in [0.15, 0.2) is 0 Å². The summed E-state index contributed by atoms with van der Waals surface area (Å²) in [6.45, 7) is 0. The van der Waals surface area contributed by atoms with Gasteiger partial charge in [0.25, 0.3) is 17.1 Å². The van der Waals surface area contributed by atoms with E-state index in [1.807, 2.05) is 0 Å². The number of aliphatic imine (C=N–C) groups is 1. The molecule has 0 aliphatic heterocycles. The first-order valence-electron chi connectivity index (χ1n) is 8.37. The van der Waals surface area contributed by atoms with E-state index < -0.39 is 26.1 Å². The monoisotopic (exact) mass is 468 g/mol. The highest BCUT2D eigenvalue weighted by atomic mass is 79.9. The zero-order chi connectivity index (χ0) is 21.6. The van der Waals surface area contributed by atoms with Crippen molar-refractivity contribution in [3.63, 3.8) is 0 Å². The van der Waals surface area contributed by atoms with E-state index in [-0.39, 0.29) is 22.5 Å². The number of fused-ring (bicyclic) bond motifs is 3. The van der Waals surface area contributed by atoms with Crippen molar-refractivity contribution >= 4 is 44.4 Å². The van der Waals surface area contributed by atoms with Crippen molar-refractivity contribution in [1.29, 1.82) is 0 Å². The van der Waals surface area contributed by atoms with Gasteiger partial charge in [0.05, 0.1) is 37.8 Å². The van der Waals surface area contributed by atoms with Gasteiger partial charge in [0.2, 0.25) is 0 Å². The Balaban J connectivity index is 2.11. The highest BCUT2D eigenvalue weighted by Gasteiger charge is 2.36. The predicted molar refractivity (Wildman–Crippen MR) is 111 cm³/mol. The van der Waals surface area contributed by atoms with Crippen molar-refractivity contribution in [3.8, 4) is 11.1 Å². The molecule has 0 N–H and O–H groups in total. The lowest BCUT2D eigenvalue weighted by molar-refractivity contribution is -0.393. The minimum absolute atomic E-state index is 0.140. The minimum atomic E-state index is -0.727. The van der Waals surface area contributed by atoms with Gasteiger partial charge in [-0.25, -0.2) is 4.99 Å². The predicted octanol–water partition coefficient (Wildman–Crippen LogP) is 5.32. The highest BCUT2D eigenvalue weighted by Crippen LogP contribution is 2.46. The summed E-state index contributed by atoms with van der Waals surface area (Å²) < 4.78 is 0.623. The Hall–Kier alpha value is -3.99. The minimum Gasteiger partial charge on any atom is -0.258 e. The second-order valence-corrected chi connectivity index (χ2v) is 7.15. The van der Waals surface area contributed by atoms with E-state index >= 15 is 0 Å². The van der Waals surface area contributed by atoms with Crippen LogP contribution in [0.4, 0.5) is 22.7 Å². The van der Waals surface area contributed by atoms with Gasteiger partial charge in [0.1, 0.15) is 0 Å². The fourth-order valence-corrected chi connectivity index (χ4v) is 3.69. The van der Waals surface area contributed by atoms with Crippen LogP contribution in [-0.2, 0) is 0 Å². The maximum atomic E-state index is 11.7. The van der Waals surface area contributed by atoms with E-state index in [2.05, 4.69) is 20.9 Å². The van der Waals surface area contributed by atoms with Crippen LogP contribution < -0.4 is 0 Å². The zero-order valence-electron chi connectivity index (χ0n) is 14.8. The summed E-state index contributed by atoms with van der Waals surface area (Å²) in [4.78, 5) is 36.8. The summed E-state index contributed by atoms with van der Waals surface area (Å²) in [6.07, 6.45) is 0. The van der Waals surface area contributed by atoms with E-state index in [1.54, 1.807) is 24.3 Å². The Bertz CT molecular complexity index is 1300. The second-order valence-electron chi connectivity index (χ2n) is 6.30. The standard InChI is InChI=1S/C19H9BrN4O6/c20-15-3-1-2-4-16(15)21-19-13-7-10(22(25)26)5-6-12(13)18-14(19)8-11(23(27)28)9-17(18)24(29)30/h1-9H/b21-19+. The first-order valence-corrected chi connectivity index (χ1v) is 9.17. The maximum Gasteiger partial charge on any atom is 0.284 e. The van der Waals surface area contributed by atoms with E-state index in [9.17, 15) is 30.3 Å². The first kappa shape index (κ1) is 19.3. The van der Waals surface area contributed by atoms with Crippen LogP contribution in [0.25, 0.3) is 11.1 Å². The molecule has 0 spiro atoms. The van der Waals surface area contributed by atoms with Crippen LogP contribution in [0.2, 0.25) is 0 Å². The van der Waals surface area contributed by atoms with E-state index in [0.29, 0.717) is 21.3 Å². The molecule has 3 aromatic rings. The molecular weight excluding hydrogens is 460 g/mol. The molecule has 0 saturated carbocycles. The first-order chi connectivity index (χ1) is 14.3. The molecule has 0 radical (unpaired) electrons. The molecule has 0 bridgehead atoms. The van der Waals surface area contributed by atoms with Gasteiger partial charge >= 0.3 is 0 Å². The van der Waals surface area contributed by atoms with Crippen molar-refractivity contribution in [2.45, 2.75) is 0 Å². The lowest BCUT2D eigenvalue weighted by Crippen LogP contribution is -2.01. The molecule has 0 heterocycles. The number of nitro groups is 3. The summed E-state index contributed by atoms with van der Waals surface area (Å²) in [5.41, 5.74) is 0.437. The molecule has 30 heavy (non-hydrogen) atoms. The molecule has 0 saturated heterocycles. The molecule has 3 aromatic carbocycles. The number of rotatable bonds is 4. The fraction of sp³-hybridized carbons (Fsp3) is 0. The summed E-state index contributed by atoms with van der Waals surface area (Å²) in [7, 11) is 0. The average Bonchev–Trinajstić information content (AvgIpc) is 3.01. The van der Waals surface area contributed by atoms with Gasteiger partial charge in [-0.05, 0) is 39.7 Å². The number of non-ortho nitro benzene ring substituents is 2. The molecule has 0 aromatic heterocycles. The molecule has 0 unspecified atom stereocenters. The van der Waals surface area contributed by atoms with Crippen molar-refractivity contribution < 1.29 is 14.8 Å². The molecule has 0 atom stereocenters. The van der Waals surface area contributed by atoms with Crippen LogP contribution in [-0.4, -0.2) is 20.5 Å². The third-order valence-corrected chi connectivity index (χ3v) is 5.26. The zero-order valence-corrected chi connectivity index (χ0v) is 16.4. The molecule has 0 amide bonds. The lowest BCUT2D eigenvalue weighted by atomic mass is 10.0. The number of benzene rings is 3. The van der Waals surface area contributed by atoms with Crippen LogP contribution in [0.3, 0.4) is 0 Å². The molecule has 148 valence electrons. The molecule has 11 heteroatoms. The van der Waals surface area contributed by atoms with Crippen molar-refractivity contribution in [1.82, 2.24) is 0 Å². The van der Waals surface area contributed by atoms with Crippen molar-refractivity contribution in [2.24, 2.45) is 4.99 Å². The molecule has 1 aliphatic carbocycles. The average molecular weight is 469 g/mol. The summed E-state index contributed by atoms with van der Waals surface area (Å²) in [6, 6.07) is 12.9. The van der Waals surface area contributed by atoms with Gasteiger partial charge in [-0.1, -0.05) is 12.1 Å². The Labute approximate surface area is 176 Å². The summed E-state index contributed by atoms with van der Waals surface area (Å²) >= 11 is 3.36. The topological polar surface area (TPSA) is 142 Å². The van der Waals surface area contributed by atoms with E-state index in [4.69, 9.17) is 0 Å². The van der Waals surface area contributed by atoms with Gasteiger partial charge in [-0.2, -0.15) is 0 Å². The Morgan fingerprint density at radius 2 is 1.40 bits per heavy atom. The fourth-order valence-electron chi connectivity index (χ4n) is 3.32. The summed E-state index contributed by atoms with van der Waals surface area (Å²) in [5, 5.41) is 34.3. The van der Waals surface area contributed by atoms with Crippen LogP contribution >= 0.6 is 15.9 Å². The number of nitro benzene ring substituents is 3.